The number of aromatic nitrogens is 1. The summed E-state index contributed by atoms with van der Waals surface area (Å²) in [7, 11) is 0. The van der Waals surface area contributed by atoms with Crippen molar-refractivity contribution in [3.05, 3.63) is 41.3 Å². The molecule has 0 atom stereocenters. The fraction of sp³-hybridized carbons (Fsp3) is 0.333. The van der Waals surface area contributed by atoms with Crippen molar-refractivity contribution >= 4 is 29.2 Å². The Bertz CT molecular complexity index is 839. The fourth-order valence-corrected chi connectivity index (χ4v) is 2.88. The summed E-state index contributed by atoms with van der Waals surface area (Å²) in [5.41, 5.74) is 1.77. The maximum Gasteiger partial charge on any atom is 0.344 e. The van der Waals surface area contributed by atoms with E-state index in [4.69, 9.17) is 9.26 Å². The molecule has 1 aromatic heterocycles. The van der Waals surface area contributed by atoms with Crippen LogP contribution in [-0.2, 0) is 14.3 Å². The highest BCUT2D eigenvalue weighted by Gasteiger charge is 2.24. The number of nitrogens with one attached hydrogen (secondary N) is 1. The van der Waals surface area contributed by atoms with Gasteiger partial charge in [0.15, 0.2) is 6.61 Å². The first-order chi connectivity index (χ1) is 12.5. The Balaban J connectivity index is 1.64. The molecule has 2 heterocycles. The van der Waals surface area contributed by atoms with E-state index in [2.05, 4.69) is 10.5 Å². The van der Waals surface area contributed by atoms with Gasteiger partial charge < -0.3 is 19.5 Å². The van der Waals surface area contributed by atoms with Crippen molar-refractivity contribution in [2.45, 2.75) is 26.7 Å². The van der Waals surface area contributed by atoms with Crippen molar-refractivity contribution in [1.29, 1.82) is 0 Å². The van der Waals surface area contributed by atoms with E-state index in [1.165, 1.54) is 0 Å². The number of para-hydroxylation sites is 2. The number of hydrogen-bond acceptors (Lipinski definition) is 6. The van der Waals surface area contributed by atoms with Crippen molar-refractivity contribution in [2.24, 2.45) is 0 Å². The van der Waals surface area contributed by atoms with Crippen LogP contribution >= 0.6 is 0 Å². The van der Waals surface area contributed by atoms with Crippen molar-refractivity contribution < 1.29 is 23.6 Å². The van der Waals surface area contributed by atoms with Crippen LogP contribution in [0.4, 0.5) is 11.4 Å². The molecule has 0 unspecified atom stereocenters. The predicted octanol–water partition coefficient (Wildman–Crippen LogP) is 2.21. The van der Waals surface area contributed by atoms with Gasteiger partial charge in [-0.05, 0) is 32.4 Å². The number of carbonyl (C=O) groups excluding carboxylic acids is 3. The van der Waals surface area contributed by atoms with E-state index in [-0.39, 0.29) is 11.5 Å². The highest BCUT2D eigenvalue weighted by molar-refractivity contribution is 6.03. The number of hydrogen-bond donors (Lipinski definition) is 1. The maximum absolute atomic E-state index is 12.2. The quantitative estimate of drug-likeness (QED) is 0.823. The van der Waals surface area contributed by atoms with Crippen molar-refractivity contribution in [1.82, 2.24) is 5.16 Å². The predicted molar refractivity (Wildman–Crippen MR) is 92.9 cm³/mol. The summed E-state index contributed by atoms with van der Waals surface area (Å²) in [5, 5.41) is 6.37. The van der Waals surface area contributed by atoms with Gasteiger partial charge in [0.2, 0.25) is 5.91 Å². The summed E-state index contributed by atoms with van der Waals surface area (Å²) in [6.45, 7) is 3.38. The van der Waals surface area contributed by atoms with E-state index in [9.17, 15) is 14.4 Å². The van der Waals surface area contributed by atoms with E-state index in [1.807, 2.05) is 0 Å². The largest absolute Gasteiger partial charge is 0.452 e. The molecule has 1 fully saturated rings. The Morgan fingerprint density at radius 1 is 1.31 bits per heavy atom. The van der Waals surface area contributed by atoms with Crippen LogP contribution < -0.4 is 10.2 Å². The zero-order valence-electron chi connectivity index (χ0n) is 14.6. The van der Waals surface area contributed by atoms with Crippen LogP contribution in [0, 0.1) is 13.8 Å². The van der Waals surface area contributed by atoms with Crippen LogP contribution in [0.1, 0.15) is 34.7 Å². The van der Waals surface area contributed by atoms with Crippen LogP contribution in [0.3, 0.4) is 0 Å². The molecule has 0 saturated carbocycles. The normalized spacial score (nSPS) is 13.8. The summed E-state index contributed by atoms with van der Waals surface area (Å²) in [6.07, 6.45) is 1.29. The summed E-state index contributed by atoms with van der Waals surface area (Å²) >= 11 is 0. The summed E-state index contributed by atoms with van der Waals surface area (Å²) in [6, 6.07) is 7.03. The van der Waals surface area contributed by atoms with Crippen LogP contribution in [0.15, 0.2) is 28.8 Å². The van der Waals surface area contributed by atoms with Gasteiger partial charge in [0, 0.05) is 13.0 Å². The lowest BCUT2D eigenvalue weighted by Crippen LogP contribution is -2.27. The van der Waals surface area contributed by atoms with Gasteiger partial charge in [0.05, 0.1) is 17.1 Å². The van der Waals surface area contributed by atoms with Gasteiger partial charge in [-0.25, -0.2) is 4.79 Å². The SMILES string of the molecule is Cc1noc(C)c1C(=O)OCC(=O)Nc1ccccc1N1CCCC1=O. The van der Waals surface area contributed by atoms with Crippen molar-refractivity contribution in [3.8, 4) is 0 Å². The number of anilines is 2. The van der Waals surface area contributed by atoms with E-state index >= 15 is 0 Å². The molecular weight excluding hydrogens is 338 g/mol. The number of esters is 1. The Hall–Kier alpha value is -3.16. The van der Waals surface area contributed by atoms with E-state index in [1.54, 1.807) is 43.0 Å². The molecule has 136 valence electrons. The lowest BCUT2D eigenvalue weighted by molar-refractivity contribution is -0.119. The first kappa shape index (κ1) is 17.7. The highest BCUT2D eigenvalue weighted by Crippen LogP contribution is 2.29. The van der Waals surface area contributed by atoms with Crippen LogP contribution in [0.25, 0.3) is 0 Å². The average Bonchev–Trinajstić information content (AvgIpc) is 3.18. The second kappa shape index (κ2) is 7.38. The fourth-order valence-electron chi connectivity index (χ4n) is 2.88. The molecule has 2 aromatic rings. The lowest BCUT2D eigenvalue weighted by atomic mass is 10.2. The minimum Gasteiger partial charge on any atom is -0.452 e. The molecule has 3 rings (SSSR count). The molecule has 2 amide bonds. The summed E-state index contributed by atoms with van der Waals surface area (Å²) in [5.74, 6) is -0.800. The second-order valence-corrected chi connectivity index (χ2v) is 5.99. The van der Waals surface area contributed by atoms with Gasteiger partial charge in [-0.3, -0.25) is 9.59 Å². The third kappa shape index (κ3) is 3.58. The van der Waals surface area contributed by atoms with Crippen molar-refractivity contribution in [3.63, 3.8) is 0 Å². The Morgan fingerprint density at radius 3 is 2.73 bits per heavy atom. The molecule has 1 aromatic carbocycles. The minimum atomic E-state index is -0.667. The molecule has 1 N–H and O–H groups in total. The van der Waals surface area contributed by atoms with Gasteiger partial charge in [-0.1, -0.05) is 17.3 Å². The van der Waals surface area contributed by atoms with E-state index < -0.39 is 18.5 Å². The zero-order valence-corrected chi connectivity index (χ0v) is 14.6. The molecule has 8 nitrogen and oxygen atoms in total. The molecule has 1 saturated heterocycles. The molecule has 1 aliphatic rings. The van der Waals surface area contributed by atoms with Gasteiger partial charge in [0.25, 0.3) is 5.91 Å². The Morgan fingerprint density at radius 2 is 2.08 bits per heavy atom. The molecule has 26 heavy (non-hydrogen) atoms. The molecule has 0 spiro atoms. The number of rotatable bonds is 5. The van der Waals surface area contributed by atoms with Crippen molar-refractivity contribution in [2.75, 3.05) is 23.4 Å². The first-order valence-electron chi connectivity index (χ1n) is 8.26. The standard InChI is InChI=1S/C18H19N3O5/c1-11-17(12(2)26-20-11)18(24)25-10-15(22)19-13-6-3-4-7-14(13)21-9-5-8-16(21)23/h3-4,6-7H,5,8-10H2,1-2H3,(H,19,22). The van der Waals surface area contributed by atoms with Crippen LogP contribution in [-0.4, -0.2) is 36.1 Å². The van der Waals surface area contributed by atoms with E-state index in [0.717, 1.165) is 6.42 Å². The number of carbonyl (C=O) groups is 3. The summed E-state index contributed by atoms with van der Waals surface area (Å²) in [4.78, 5) is 37.8. The van der Waals surface area contributed by atoms with Gasteiger partial charge in [-0.15, -0.1) is 0 Å². The van der Waals surface area contributed by atoms with Gasteiger partial charge in [0.1, 0.15) is 11.3 Å². The monoisotopic (exact) mass is 357 g/mol. The van der Waals surface area contributed by atoms with Gasteiger partial charge >= 0.3 is 5.97 Å². The Labute approximate surface area is 150 Å². The molecule has 0 aliphatic carbocycles. The molecule has 8 heteroatoms. The molecule has 0 bridgehead atoms. The third-order valence-electron chi connectivity index (χ3n) is 4.11. The molecule has 0 radical (unpaired) electrons. The second-order valence-electron chi connectivity index (χ2n) is 5.99. The molecule has 1 aliphatic heterocycles. The Kier molecular flexibility index (Phi) is 5.01. The molecular formula is C18H19N3O5. The zero-order chi connectivity index (χ0) is 18.7. The average molecular weight is 357 g/mol. The van der Waals surface area contributed by atoms with Crippen LogP contribution in [0.2, 0.25) is 0 Å². The topological polar surface area (TPSA) is 102 Å². The smallest absolute Gasteiger partial charge is 0.344 e. The summed E-state index contributed by atoms with van der Waals surface area (Å²) < 4.78 is 9.95. The van der Waals surface area contributed by atoms with E-state index in [0.29, 0.717) is 35.8 Å². The first-order valence-corrected chi connectivity index (χ1v) is 8.26. The number of benzene rings is 1. The third-order valence-corrected chi connectivity index (χ3v) is 4.11. The lowest BCUT2D eigenvalue weighted by Gasteiger charge is -2.19. The number of ether oxygens (including phenoxy) is 1. The maximum atomic E-state index is 12.2. The van der Waals surface area contributed by atoms with Crippen LogP contribution in [0.5, 0.6) is 0 Å². The number of aryl methyl sites for hydroxylation is 2. The number of amides is 2. The van der Waals surface area contributed by atoms with Gasteiger partial charge in [-0.2, -0.15) is 0 Å². The highest BCUT2D eigenvalue weighted by atomic mass is 16.5. The minimum absolute atomic E-state index is 0.0246. The number of nitrogens with zero attached hydrogens (tertiary/aromatic N) is 2.